The van der Waals surface area contributed by atoms with Gasteiger partial charge in [-0.05, 0) is 66.7 Å². The molecule has 2 N–H and O–H groups in total. The molecular weight excluding hydrogens is 479 g/mol. The van der Waals surface area contributed by atoms with Crippen LogP contribution in [-0.4, -0.2) is 22.6 Å². The Bertz CT molecular complexity index is 1000. The summed E-state index contributed by atoms with van der Waals surface area (Å²) in [7, 11) is 0. The summed E-state index contributed by atoms with van der Waals surface area (Å²) < 4.78 is 41.3. The lowest BCUT2D eigenvalue weighted by atomic mass is 10.1. The maximum atomic E-state index is 13.0. The maximum absolute atomic E-state index is 13.0. The Morgan fingerprint density at radius 3 is 2.67 bits per heavy atom. The van der Waals surface area contributed by atoms with Gasteiger partial charge in [0.15, 0.2) is 17.5 Å². The van der Waals surface area contributed by atoms with Gasteiger partial charge in [-0.25, -0.2) is 13.2 Å². The van der Waals surface area contributed by atoms with Gasteiger partial charge in [-0.3, -0.25) is 4.68 Å². The van der Waals surface area contributed by atoms with Crippen molar-refractivity contribution in [2.75, 3.05) is 0 Å². The lowest BCUT2D eigenvalue weighted by Crippen LogP contribution is -2.19. The number of nitrogens with zero attached hydrogens (tertiary/aromatic N) is 2. The van der Waals surface area contributed by atoms with E-state index in [1.54, 1.807) is 6.92 Å². The summed E-state index contributed by atoms with van der Waals surface area (Å²) in [5.74, 6) is -3.75. The van der Waals surface area contributed by atoms with Crippen LogP contribution in [-0.2, 0) is 24.2 Å². The second kappa shape index (κ2) is 10.9. The summed E-state index contributed by atoms with van der Waals surface area (Å²) in [6.07, 6.45) is 4.47. The van der Waals surface area contributed by atoms with Gasteiger partial charge in [0.2, 0.25) is 0 Å². The van der Waals surface area contributed by atoms with Crippen molar-refractivity contribution in [2.45, 2.75) is 45.7 Å². The minimum atomic E-state index is -1.43. The molecule has 3 aromatic rings. The number of aromatic nitrogens is 2. The van der Waals surface area contributed by atoms with E-state index in [0.29, 0.717) is 0 Å². The van der Waals surface area contributed by atoms with Gasteiger partial charge in [-0.1, -0.05) is 6.07 Å². The molecule has 3 heterocycles. The van der Waals surface area contributed by atoms with Crippen LogP contribution in [0.2, 0.25) is 0 Å². The van der Waals surface area contributed by atoms with Gasteiger partial charge in [0.1, 0.15) is 6.79 Å². The predicted octanol–water partition coefficient (Wildman–Crippen LogP) is 5.44. The summed E-state index contributed by atoms with van der Waals surface area (Å²) in [5, 5.41) is 4.40. The van der Waals surface area contributed by atoms with Crippen LogP contribution >= 0.6 is 27.3 Å². The van der Waals surface area contributed by atoms with Crippen LogP contribution in [0, 0.1) is 24.4 Å². The molecule has 0 spiro atoms. The molecule has 0 fully saturated rings. The highest BCUT2D eigenvalue weighted by Gasteiger charge is 2.20. The zero-order chi connectivity index (χ0) is 22.4. The van der Waals surface area contributed by atoms with Crippen molar-refractivity contribution >= 4 is 34.1 Å². The van der Waals surface area contributed by atoms with Gasteiger partial charge in [-0.15, -0.1) is 11.3 Å². The number of rotatable bonds is 2. The van der Waals surface area contributed by atoms with Crippen LogP contribution in [0.25, 0.3) is 11.3 Å². The first-order valence-corrected chi connectivity index (χ1v) is 10.9. The molecule has 2 aromatic heterocycles. The molecule has 30 heavy (non-hydrogen) atoms. The number of hydrogen-bond acceptors (Lipinski definition) is 4. The normalized spacial score (nSPS) is 13.0. The molecule has 9 heteroatoms. The highest BCUT2D eigenvalue weighted by atomic mass is 79.9. The predicted molar refractivity (Wildman–Crippen MR) is 117 cm³/mol. The van der Waals surface area contributed by atoms with Crippen LogP contribution in [0.1, 0.15) is 28.7 Å². The molecule has 1 aliphatic rings. The third-order valence-corrected chi connectivity index (χ3v) is 6.10. The third kappa shape index (κ3) is 5.59. The average Bonchev–Trinajstić information content (AvgIpc) is 3.21. The summed E-state index contributed by atoms with van der Waals surface area (Å²) >= 11 is 5.50. The minimum absolute atomic E-state index is 0.105. The Morgan fingerprint density at radius 2 is 2.00 bits per heavy atom. The molecular formula is C21H23BrF3N3OS. The fourth-order valence-corrected chi connectivity index (χ4v) is 4.80. The smallest absolute Gasteiger partial charge is 0.194 e. The number of thiophene rings is 1. The van der Waals surface area contributed by atoms with Crippen LogP contribution < -0.4 is 5.73 Å². The van der Waals surface area contributed by atoms with E-state index in [2.05, 4.69) is 38.7 Å². The number of nitrogens with two attached hydrogens (primary N) is 1. The standard InChI is InChI=1S/C11H11BrN2S.C9H10F3N.CH2O/c1-7-5-8-10(15-7)3-2-4-14-11(8)9(12)6-13-14;1-5(13)4-6-2-3-7(10)9(12)8(6)11;1-2/h5-6H,2-4H2,1H3;2-3,5H,4,13H2,1H3;1H2. The summed E-state index contributed by atoms with van der Waals surface area (Å²) in [6, 6.07) is 4.11. The number of halogens is 4. The molecule has 0 saturated carbocycles. The van der Waals surface area contributed by atoms with Gasteiger partial charge in [0.05, 0.1) is 16.4 Å². The quantitative estimate of drug-likeness (QED) is 0.475. The highest BCUT2D eigenvalue weighted by molar-refractivity contribution is 9.10. The first-order chi connectivity index (χ1) is 14.3. The molecule has 4 rings (SSSR count). The number of fused-ring (bicyclic) bond motifs is 3. The number of hydrogen-bond donors (Lipinski definition) is 1. The van der Waals surface area contributed by atoms with Crippen molar-refractivity contribution in [1.29, 1.82) is 0 Å². The molecule has 162 valence electrons. The van der Waals surface area contributed by atoms with Crippen molar-refractivity contribution in [1.82, 2.24) is 9.78 Å². The monoisotopic (exact) mass is 501 g/mol. The lowest BCUT2D eigenvalue weighted by molar-refractivity contribution is -0.0979. The highest BCUT2D eigenvalue weighted by Crippen LogP contribution is 2.38. The zero-order valence-corrected chi connectivity index (χ0v) is 19.1. The van der Waals surface area contributed by atoms with E-state index in [4.69, 9.17) is 10.5 Å². The van der Waals surface area contributed by atoms with E-state index in [1.165, 1.54) is 39.9 Å². The minimum Gasteiger partial charge on any atom is -0.328 e. The second-order valence-corrected chi connectivity index (χ2v) is 9.07. The van der Waals surface area contributed by atoms with Crippen LogP contribution in [0.4, 0.5) is 13.2 Å². The fourth-order valence-electron chi connectivity index (χ4n) is 3.21. The van der Waals surface area contributed by atoms with Crippen LogP contribution in [0.5, 0.6) is 0 Å². The summed E-state index contributed by atoms with van der Waals surface area (Å²) in [6.45, 7) is 6.87. The Hall–Kier alpha value is -1.97. The number of carbonyl (C=O) groups is 1. The Kier molecular flexibility index (Phi) is 8.81. The maximum Gasteiger partial charge on any atom is 0.194 e. The van der Waals surface area contributed by atoms with Gasteiger partial charge in [0, 0.05) is 27.9 Å². The van der Waals surface area contributed by atoms with Gasteiger partial charge in [-0.2, -0.15) is 5.10 Å². The van der Waals surface area contributed by atoms with E-state index in [-0.39, 0.29) is 18.0 Å². The van der Waals surface area contributed by atoms with E-state index in [9.17, 15) is 13.2 Å². The summed E-state index contributed by atoms with van der Waals surface area (Å²) in [5.41, 5.74) is 8.13. The second-order valence-electron chi connectivity index (χ2n) is 6.88. The first kappa shape index (κ1) is 24.3. The SMILES string of the molecule is C=O.CC(N)Cc1ccc(F)c(F)c1F.Cc1cc2c(s1)CCCn1ncc(Br)c1-2. The molecule has 4 nitrogen and oxygen atoms in total. The molecule has 1 atom stereocenters. The van der Waals surface area contributed by atoms with Gasteiger partial charge < -0.3 is 10.5 Å². The number of benzene rings is 1. The topological polar surface area (TPSA) is 60.9 Å². The van der Waals surface area contributed by atoms with Gasteiger partial charge >= 0.3 is 0 Å². The molecule has 0 saturated heterocycles. The van der Waals surface area contributed by atoms with E-state index in [1.807, 2.05) is 24.3 Å². The van der Waals surface area contributed by atoms with Crippen LogP contribution in [0.15, 0.2) is 28.9 Å². The van der Waals surface area contributed by atoms with Crippen molar-refractivity contribution in [3.05, 3.63) is 61.6 Å². The van der Waals surface area contributed by atoms with E-state index < -0.39 is 17.5 Å². The molecule has 0 aliphatic carbocycles. The molecule has 1 aliphatic heterocycles. The molecule has 1 aromatic carbocycles. The molecule has 0 radical (unpaired) electrons. The van der Waals surface area contributed by atoms with E-state index >= 15 is 0 Å². The number of aryl methyl sites for hydroxylation is 3. The zero-order valence-electron chi connectivity index (χ0n) is 16.7. The van der Waals surface area contributed by atoms with Crippen molar-refractivity contribution in [2.24, 2.45) is 5.73 Å². The third-order valence-electron chi connectivity index (χ3n) is 4.41. The number of carbonyl (C=O) groups excluding carboxylic acids is 1. The molecule has 1 unspecified atom stereocenters. The molecule has 0 bridgehead atoms. The van der Waals surface area contributed by atoms with Gasteiger partial charge in [0.25, 0.3) is 0 Å². The lowest BCUT2D eigenvalue weighted by Gasteiger charge is -2.06. The van der Waals surface area contributed by atoms with Crippen LogP contribution in [0.3, 0.4) is 0 Å². The fraction of sp³-hybridized carbons (Fsp3) is 0.333. The largest absolute Gasteiger partial charge is 0.328 e. The first-order valence-electron chi connectivity index (χ1n) is 9.25. The Labute approximate surface area is 186 Å². The average molecular weight is 502 g/mol. The Balaban J connectivity index is 0.000000200. The van der Waals surface area contributed by atoms with Crippen molar-refractivity contribution in [3.63, 3.8) is 0 Å². The van der Waals surface area contributed by atoms with Crippen molar-refractivity contribution < 1.29 is 18.0 Å². The molecule has 0 amide bonds. The van der Waals surface area contributed by atoms with E-state index in [0.717, 1.165) is 17.1 Å². The Morgan fingerprint density at radius 1 is 1.30 bits per heavy atom. The summed E-state index contributed by atoms with van der Waals surface area (Å²) in [4.78, 5) is 10.9. The van der Waals surface area contributed by atoms with Crippen molar-refractivity contribution in [3.8, 4) is 11.3 Å².